The van der Waals surface area contributed by atoms with Crippen molar-refractivity contribution in [2.45, 2.75) is 43.1 Å². The molecule has 0 radical (unpaired) electrons. The molecule has 1 amide bonds. The van der Waals surface area contributed by atoms with Crippen molar-refractivity contribution in [2.24, 2.45) is 5.92 Å². The minimum Gasteiger partial charge on any atom is -0.273 e. The lowest BCUT2D eigenvalue weighted by Gasteiger charge is -2.27. The number of carbonyl (C=O) groups is 1. The molecule has 0 aliphatic carbocycles. The van der Waals surface area contributed by atoms with Crippen molar-refractivity contribution in [3.63, 3.8) is 0 Å². The van der Waals surface area contributed by atoms with Gasteiger partial charge < -0.3 is 0 Å². The fraction of sp³-hybridized carbons (Fsp3) is 0.500. The molecule has 3 rings (SSSR count). The number of sulfonamides is 2. The molecule has 0 N–H and O–H groups in total. The van der Waals surface area contributed by atoms with Gasteiger partial charge in [0, 0.05) is 6.54 Å². The maximum atomic E-state index is 13.2. The highest BCUT2D eigenvalue weighted by atomic mass is 32.2. The fourth-order valence-electron chi connectivity index (χ4n) is 3.99. The van der Waals surface area contributed by atoms with Crippen LogP contribution in [0.1, 0.15) is 30.9 Å². The number of nitrogens with zero attached hydrogens (tertiary/aromatic N) is 2. The van der Waals surface area contributed by atoms with E-state index in [0.717, 1.165) is 12.3 Å². The second kappa shape index (κ2) is 7.98. The second-order valence-corrected chi connectivity index (χ2v) is 11.4. The molecule has 2 atom stereocenters. The molecule has 33 heavy (non-hydrogen) atoms. The Balaban J connectivity index is 2.15. The van der Waals surface area contributed by atoms with Gasteiger partial charge in [-0.2, -0.15) is 30.6 Å². The van der Waals surface area contributed by atoms with Gasteiger partial charge in [-0.05, 0) is 30.7 Å². The first kappa shape index (κ1) is 25.5. The maximum Gasteiger partial charge on any atom is 0.416 e. The highest BCUT2D eigenvalue weighted by Crippen LogP contribution is 2.44. The lowest BCUT2D eigenvalue weighted by atomic mass is 9.97. The zero-order chi connectivity index (χ0) is 25.1. The third-order valence-corrected chi connectivity index (χ3v) is 8.20. The van der Waals surface area contributed by atoms with E-state index < -0.39 is 72.8 Å². The Hall–Kier alpha value is -2.13. The normalized spacial score (nSPS) is 22.6. The zero-order valence-electron chi connectivity index (χ0n) is 17.1. The molecule has 2 aliphatic heterocycles. The summed E-state index contributed by atoms with van der Waals surface area (Å²) in [7, 11) is -9.14. The molecular weight excluding hydrogens is 502 g/mol. The summed E-state index contributed by atoms with van der Waals surface area (Å²) in [5.41, 5.74) is -3.81. The van der Waals surface area contributed by atoms with Gasteiger partial charge in [0.15, 0.2) is 0 Å². The fourth-order valence-corrected chi connectivity index (χ4v) is 6.67. The van der Waals surface area contributed by atoms with E-state index >= 15 is 0 Å². The predicted molar refractivity (Wildman–Crippen MR) is 102 cm³/mol. The number of carbonyl (C=O) groups excluding carboxylic acids is 1. The van der Waals surface area contributed by atoms with Crippen LogP contribution in [-0.2, 0) is 37.2 Å². The number of fused-ring (bicyclic) bond motifs is 1. The van der Waals surface area contributed by atoms with E-state index in [1.54, 1.807) is 6.92 Å². The smallest absolute Gasteiger partial charge is 0.273 e. The Morgan fingerprint density at radius 1 is 0.970 bits per heavy atom. The quantitative estimate of drug-likeness (QED) is 0.557. The first-order valence-electron chi connectivity index (χ1n) is 9.46. The summed E-state index contributed by atoms with van der Waals surface area (Å²) >= 11 is 0. The van der Waals surface area contributed by atoms with Crippen LogP contribution in [0.25, 0.3) is 0 Å². The van der Waals surface area contributed by atoms with Gasteiger partial charge in [-0.25, -0.2) is 21.1 Å². The molecule has 1 aromatic rings. The summed E-state index contributed by atoms with van der Waals surface area (Å²) < 4.78 is 131. The van der Waals surface area contributed by atoms with Crippen molar-refractivity contribution in [3.05, 3.63) is 41.1 Å². The Morgan fingerprint density at radius 2 is 1.48 bits per heavy atom. The van der Waals surface area contributed by atoms with Gasteiger partial charge in [-0.3, -0.25) is 4.79 Å². The van der Waals surface area contributed by atoms with E-state index in [4.69, 9.17) is 0 Å². The highest BCUT2D eigenvalue weighted by Gasteiger charge is 2.55. The van der Waals surface area contributed by atoms with Gasteiger partial charge in [0.25, 0.3) is 0 Å². The van der Waals surface area contributed by atoms with Crippen molar-refractivity contribution in [1.29, 1.82) is 0 Å². The third-order valence-electron chi connectivity index (χ3n) is 5.33. The molecular formula is C18H18F6N2O5S2. The van der Waals surface area contributed by atoms with Crippen LogP contribution in [0.3, 0.4) is 0 Å². The van der Waals surface area contributed by atoms with Gasteiger partial charge >= 0.3 is 12.4 Å². The van der Waals surface area contributed by atoms with Gasteiger partial charge in [0.05, 0.1) is 39.9 Å². The molecule has 7 nitrogen and oxygen atoms in total. The Labute approximate surface area is 185 Å². The molecule has 184 valence electrons. The van der Waals surface area contributed by atoms with Crippen molar-refractivity contribution in [3.8, 4) is 0 Å². The van der Waals surface area contributed by atoms with E-state index in [1.165, 1.54) is 0 Å². The van der Waals surface area contributed by atoms with Crippen LogP contribution in [0, 0.1) is 5.92 Å². The number of rotatable bonds is 5. The highest BCUT2D eigenvalue weighted by molar-refractivity contribution is 7.89. The number of alkyl halides is 6. The van der Waals surface area contributed by atoms with Crippen LogP contribution >= 0.6 is 0 Å². The van der Waals surface area contributed by atoms with Crippen molar-refractivity contribution in [2.75, 3.05) is 12.8 Å². The minimum atomic E-state index is -5.26. The average molecular weight is 520 g/mol. The van der Waals surface area contributed by atoms with E-state index in [-0.39, 0.29) is 30.3 Å². The van der Waals surface area contributed by atoms with Crippen LogP contribution in [0.15, 0.2) is 34.9 Å². The van der Waals surface area contributed by atoms with Gasteiger partial charge in [-0.15, -0.1) is 0 Å². The summed E-state index contributed by atoms with van der Waals surface area (Å²) in [5.74, 6) is -2.07. The van der Waals surface area contributed by atoms with Crippen molar-refractivity contribution >= 4 is 26.0 Å². The zero-order valence-corrected chi connectivity index (χ0v) is 18.7. The van der Waals surface area contributed by atoms with E-state index in [1.807, 2.05) is 0 Å². The summed E-state index contributed by atoms with van der Waals surface area (Å²) in [6, 6.07) is -1.40. The minimum absolute atomic E-state index is 0.0509. The summed E-state index contributed by atoms with van der Waals surface area (Å²) in [6.45, 7) is 1.12. The Bertz CT molecular complexity index is 1190. The molecule has 1 saturated heterocycles. The molecule has 0 aromatic heterocycles. The monoisotopic (exact) mass is 520 g/mol. The predicted octanol–water partition coefficient (Wildman–Crippen LogP) is 3.20. The molecule has 1 fully saturated rings. The van der Waals surface area contributed by atoms with E-state index in [0.29, 0.717) is 15.0 Å². The molecule has 0 saturated carbocycles. The second-order valence-electron chi connectivity index (χ2n) is 7.65. The molecule has 0 bridgehead atoms. The van der Waals surface area contributed by atoms with Crippen LogP contribution in [-0.4, -0.2) is 50.2 Å². The molecule has 0 unspecified atom stereocenters. The van der Waals surface area contributed by atoms with E-state index in [2.05, 4.69) is 0 Å². The van der Waals surface area contributed by atoms with Crippen LogP contribution in [0.4, 0.5) is 26.3 Å². The van der Waals surface area contributed by atoms with Crippen LogP contribution < -0.4 is 0 Å². The number of hydrogen-bond acceptors (Lipinski definition) is 5. The third kappa shape index (κ3) is 4.49. The average Bonchev–Trinajstić information content (AvgIpc) is 3.18. The van der Waals surface area contributed by atoms with Crippen molar-refractivity contribution < 1.29 is 48.0 Å². The molecule has 2 aliphatic rings. The number of amides is 1. The molecule has 0 spiro atoms. The first-order chi connectivity index (χ1) is 14.9. The lowest BCUT2D eigenvalue weighted by molar-refractivity contribution is -0.143. The summed E-state index contributed by atoms with van der Waals surface area (Å²) in [6.07, 6.45) is -8.28. The van der Waals surface area contributed by atoms with Gasteiger partial charge in [-0.1, -0.05) is 13.3 Å². The maximum absolute atomic E-state index is 13.2. The first-order valence-corrected chi connectivity index (χ1v) is 12.7. The van der Waals surface area contributed by atoms with Gasteiger partial charge in [0.2, 0.25) is 26.0 Å². The number of halogens is 6. The van der Waals surface area contributed by atoms with E-state index in [9.17, 15) is 48.0 Å². The molecule has 1 aromatic carbocycles. The summed E-state index contributed by atoms with van der Waals surface area (Å²) in [4.78, 5) is 11.5. The standard InChI is InChI=1S/C18H18F6N2O5S2/c1-3-4-13-15-14(26(16(13)27)32(2,28)29)5-6-25(15)33(30,31)12-8-10(17(19,20)21)7-11(9-12)18(22,23)24/h5,7-9,13,15H,3-4,6H2,1-2H3/t13-,15-/m1/s1. The van der Waals surface area contributed by atoms with Crippen LogP contribution in [0.2, 0.25) is 0 Å². The summed E-state index contributed by atoms with van der Waals surface area (Å²) in [5, 5.41) is 0. The number of benzene rings is 1. The number of hydrogen-bond donors (Lipinski definition) is 0. The van der Waals surface area contributed by atoms with Crippen LogP contribution in [0.5, 0.6) is 0 Å². The topological polar surface area (TPSA) is 91.8 Å². The Morgan fingerprint density at radius 3 is 1.91 bits per heavy atom. The van der Waals surface area contributed by atoms with Gasteiger partial charge in [0.1, 0.15) is 0 Å². The Kier molecular flexibility index (Phi) is 6.16. The molecule has 15 heteroatoms. The largest absolute Gasteiger partial charge is 0.416 e. The van der Waals surface area contributed by atoms with Crippen molar-refractivity contribution in [1.82, 2.24) is 8.61 Å². The lowest BCUT2D eigenvalue weighted by Crippen LogP contribution is -2.41. The molecule has 2 heterocycles. The SMILES string of the molecule is CCC[C@H]1C(=O)N(S(C)(=O)=O)C2=CCN(S(=O)(=O)c3cc(C(F)(F)F)cc(C(F)(F)F)c3)[C@@H]21.